The monoisotopic (exact) mass is 286 g/mol. The van der Waals surface area contributed by atoms with Gasteiger partial charge in [-0.05, 0) is 31.4 Å². The Hall–Kier alpha value is -1.55. The Labute approximate surface area is 123 Å². The molecule has 0 unspecified atom stereocenters. The minimum atomic E-state index is 0.0777. The van der Waals surface area contributed by atoms with E-state index in [2.05, 4.69) is 28.6 Å². The minimum absolute atomic E-state index is 0.0777. The Morgan fingerprint density at radius 2 is 2.15 bits per heavy atom. The maximum absolute atomic E-state index is 12.0. The molecule has 0 N–H and O–H groups in total. The first kappa shape index (κ1) is 13.4. The van der Waals surface area contributed by atoms with E-state index in [1.165, 1.54) is 5.56 Å². The van der Waals surface area contributed by atoms with E-state index >= 15 is 0 Å². The van der Waals surface area contributed by atoms with Gasteiger partial charge < -0.3 is 0 Å². The number of hydrogen-bond acceptors (Lipinski definition) is 3. The molecule has 0 radical (unpaired) electrons. The smallest absolute Gasteiger partial charge is 0.173 e. The summed E-state index contributed by atoms with van der Waals surface area (Å²) in [7, 11) is 0. The van der Waals surface area contributed by atoms with Gasteiger partial charge in [0.2, 0.25) is 0 Å². The van der Waals surface area contributed by atoms with Gasteiger partial charge in [0, 0.05) is 18.8 Å². The van der Waals surface area contributed by atoms with Crippen LogP contribution < -0.4 is 0 Å². The van der Waals surface area contributed by atoms with Crippen LogP contribution in [-0.2, 0) is 4.79 Å². The fourth-order valence-electron chi connectivity index (χ4n) is 2.60. The lowest BCUT2D eigenvalue weighted by Gasteiger charge is -2.20. The number of carbonyl (C=O) groups is 1. The fourth-order valence-corrected chi connectivity index (χ4v) is 3.78. The summed E-state index contributed by atoms with van der Waals surface area (Å²) in [5.74, 6) is 0.376. The van der Waals surface area contributed by atoms with Crippen LogP contribution >= 0.6 is 11.8 Å². The Balaban J connectivity index is 1.87. The molecule has 1 heterocycles. The first-order chi connectivity index (χ1) is 9.75. The zero-order valence-corrected chi connectivity index (χ0v) is 12.4. The highest BCUT2D eigenvalue weighted by Crippen LogP contribution is 2.32. The number of ketones is 1. The Bertz CT molecular complexity index is 620. The van der Waals surface area contributed by atoms with Crippen molar-refractivity contribution < 1.29 is 4.79 Å². The third-order valence-corrected chi connectivity index (χ3v) is 5.02. The van der Waals surface area contributed by atoms with Crippen molar-refractivity contribution in [1.82, 2.24) is 9.55 Å². The number of aromatic nitrogens is 2. The van der Waals surface area contributed by atoms with Crippen LogP contribution in [0.1, 0.15) is 31.2 Å². The minimum Gasteiger partial charge on any atom is -0.298 e. The Morgan fingerprint density at radius 1 is 1.30 bits per heavy atom. The molecular formula is C16H18N2OS. The number of benzene rings is 1. The van der Waals surface area contributed by atoms with Crippen LogP contribution in [0.2, 0.25) is 0 Å². The van der Waals surface area contributed by atoms with Crippen LogP contribution in [0.4, 0.5) is 0 Å². The molecule has 1 aromatic carbocycles. The molecule has 3 rings (SSSR count). The maximum atomic E-state index is 12.0. The third-order valence-electron chi connectivity index (χ3n) is 3.73. The lowest BCUT2D eigenvalue weighted by molar-refractivity contribution is -0.119. The quantitative estimate of drug-likeness (QED) is 0.861. The summed E-state index contributed by atoms with van der Waals surface area (Å²) in [4.78, 5) is 16.4. The van der Waals surface area contributed by atoms with Crippen molar-refractivity contribution in [2.45, 2.75) is 43.0 Å². The molecule has 3 nitrogen and oxygen atoms in total. The number of imidazole rings is 1. The largest absolute Gasteiger partial charge is 0.298 e. The van der Waals surface area contributed by atoms with Gasteiger partial charge >= 0.3 is 0 Å². The number of hydrogen-bond donors (Lipinski definition) is 0. The molecule has 2 aromatic rings. The molecular weight excluding hydrogens is 268 g/mol. The predicted octanol–water partition coefficient (Wildman–Crippen LogP) is 3.78. The number of rotatable bonds is 3. The zero-order chi connectivity index (χ0) is 13.9. The molecule has 1 aromatic heterocycles. The number of carbonyl (C=O) groups excluding carboxylic acids is 1. The SMILES string of the molecule is Cc1ccccc1-n1ccnc1S[C@@H]1CCCCC1=O. The molecule has 0 spiro atoms. The maximum Gasteiger partial charge on any atom is 0.173 e. The van der Waals surface area contributed by atoms with Gasteiger partial charge in [0.1, 0.15) is 5.78 Å². The van der Waals surface area contributed by atoms with Gasteiger partial charge in [-0.15, -0.1) is 0 Å². The molecule has 0 bridgehead atoms. The number of nitrogens with zero attached hydrogens (tertiary/aromatic N) is 2. The van der Waals surface area contributed by atoms with Crippen molar-refractivity contribution in [3.8, 4) is 5.69 Å². The molecule has 20 heavy (non-hydrogen) atoms. The highest BCUT2D eigenvalue weighted by molar-refractivity contribution is 8.00. The molecule has 4 heteroatoms. The average Bonchev–Trinajstić information content (AvgIpc) is 2.90. The second-order valence-electron chi connectivity index (χ2n) is 5.18. The highest BCUT2D eigenvalue weighted by Gasteiger charge is 2.25. The second kappa shape index (κ2) is 5.83. The van der Waals surface area contributed by atoms with Crippen LogP contribution in [0.15, 0.2) is 41.8 Å². The summed E-state index contributed by atoms with van der Waals surface area (Å²) in [5.41, 5.74) is 2.35. The van der Waals surface area contributed by atoms with E-state index in [-0.39, 0.29) is 5.25 Å². The Kier molecular flexibility index (Phi) is 3.92. The van der Waals surface area contributed by atoms with E-state index in [1.54, 1.807) is 11.8 Å². The van der Waals surface area contributed by atoms with Crippen molar-refractivity contribution in [2.75, 3.05) is 0 Å². The molecule has 0 saturated heterocycles. The van der Waals surface area contributed by atoms with Gasteiger partial charge in [0.25, 0.3) is 0 Å². The molecule has 104 valence electrons. The van der Waals surface area contributed by atoms with E-state index in [4.69, 9.17) is 0 Å². The van der Waals surface area contributed by atoms with Gasteiger partial charge in [0.15, 0.2) is 5.16 Å². The lowest BCUT2D eigenvalue weighted by Crippen LogP contribution is -2.21. The molecule has 1 aliphatic carbocycles. The number of aryl methyl sites for hydroxylation is 1. The van der Waals surface area contributed by atoms with Crippen molar-refractivity contribution in [3.63, 3.8) is 0 Å². The second-order valence-corrected chi connectivity index (χ2v) is 6.35. The van der Waals surface area contributed by atoms with Crippen LogP contribution in [0, 0.1) is 6.92 Å². The van der Waals surface area contributed by atoms with Crippen LogP contribution in [-0.4, -0.2) is 20.6 Å². The van der Waals surface area contributed by atoms with E-state index in [1.807, 2.05) is 24.5 Å². The molecule has 1 fully saturated rings. The third kappa shape index (κ3) is 2.66. The summed E-state index contributed by atoms with van der Waals surface area (Å²) in [6, 6.07) is 8.25. The van der Waals surface area contributed by atoms with Gasteiger partial charge in [-0.1, -0.05) is 36.4 Å². The molecule has 1 aliphatic rings. The molecule has 0 aliphatic heterocycles. The van der Waals surface area contributed by atoms with Crippen molar-refractivity contribution in [2.24, 2.45) is 0 Å². The van der Waals surface area contributed by atoms with Crippen LogP contribution in [0.5, 0.6) is 0 Å². The number of Topliss-reactive ketones (excluding diaryl/α,β-unsaturated/α-hetero) is 1. The summed E-state index contributed by atoms with van der Waals surface area (Å²) in [5, 5.41) is 0.994. The first-order valence-electron chi connectivity index (χ1n) is 7.04. The van der Waals surface area contributed by atoms with Crippen LogP contribution in [0.3, 0.4) is 0 Å². The fraction of sp³-hybridized carbons (Fsp3) is 0.375. The molecule has 1 saturated carbocycles. The van der Waals surface area contributed by atoms with Gasteiger partial charge in [-0.2, -0.15) is 0 Å². The van der Waals surface area contributed by atoms with Crippen LogP contribution in [0.25, 0.3) is 5.69 Å². The van der Waals surface area contributed by atoms with Gasteiger partial charge in [-0.25, -0.2) is 4.98 Å². The van der Waals surface area contributed by atoms with E-state index in [0.717, 1.165) is 36.5 Å². The highest BCUT2D eigenvalue weighted by atomic mass is 32.2. The van der Waals surface area contributed by atoms with E-state index in [0.29, 0.717) is 5.78 Å². The van der Waals surface area contributed by atoms with Gasteiger partial charge in [-0.3, -0.25) is 9.36 Å². The summed E-state index contributed by atoms with van der Waals surface area (Å²) in [6.45, 7) is 2.09. The normalized spacial score (nSPS) is 19.2. The van der Waals surface area contributed by atoms with Crippen molar-refractivity contribution in [3.05, 3.63) is 42.2 Å². The topological polar surface area (TPSA) is 34.9 Å². The lowest BCUT2D eigenvalue weighted by atomic mass is 9.99. The number of para-hydroxylation sites is 1. The average molecular weight is 286 g/mol. The molecule has 1 atom stereocenters. The summed E-state index contributed by atoms with van der Waals surface area (Å²) in [6.07, 6.45) is 7.67. The summed E-state index contributed by atoms with van der Waals surface area (Å²) >= 11 is 1.61. The first-order valence-corrected chi connectivity index (χ1v) is 7.92. The van der Waals surface area contributed by atoms with E-state index in [9.17, 15) is 4.79 Å². The molecule has 0 amide bonds. The van der Waals surface area contributed by atoms with Crippen molar-refractivity contribution >= 4 is 17.5 Å². The van der Waals surface area contributed by atoms with E-state index < -0.39 is 0 Å². The van der Waals surface area contributed by atoms with Gasteiger partial charge in [0.05, 0.1) is 10.9 Å². The standard InChI is InChI=1S/C16H18N2OS/c1-12-6-2-3-7-13(12)18-11-10-17-16(18)20-15-9-5-4-8-14(15)19/h2-3,6-7,10-11,15H,4-5,8-9H2,1H3/t15-/m1/s1. The predicted molar refractivity (Wildman–Crippen MR) is 81.4 cm³/mol. The van der Waals surface area contributed by atoms with Crippen molar-refractivity contribution in [1.29, 1.82) is 0 Å². The summed E-state index contributed by atoms with van der Waals surface area (Å²) < 4.78 is 2.09. The Morgan fingerprint density at radius 3 is 2.95 bits per heavy atom. The number of thioether (sulfide) groups is 1. The zero-order valence-electron chi connectivity index (χ0n) is 11.6.